The molecule has 0 atom stereocenters. The van der Waals surface area contributed by atoms with Crippen molar-refractivity contribution in [3.63, 3.8) is 0 Å². The number of carbonyl (C=O) groups is 2. The zero-order chi connectivity index (χ0) is 19.0. The van der Waals surface area contributed by atoms with Crippen molar-refractivity contribution in [1.29, 1.82) is 0 Å². The molecule has 0 saturated heterocycles. The van der Waals surface area contributed by atoms with Gasteiger partial charge >= 0.3 is 5.97 Å². The standard InChI is InChI=1S/C18H13N5O4/c24-12(25)8-20-18(27)15-16(26)14-13(17-21-9-22-23(15)17)11(6-7-19-14)10-4-2-1-3-5-10/h1-7,9,26H,8H2,(H,20,27)(H,24,25). The lowest BCUT2D eigenvalue weighted by molar-refractivity contribution is -0.135. The molecule has 1 amide bonds. The molecule has 9 nitrogen and oxygen atoms in total. The van der Waals surface area contributed by atoms with Crippen LogP contribution in [-0.4, -0.2) is 48.2 Å². The van der Waals surface area contributed by atoms with Gasteiger partial charge in [-0.25, -0.2) is 9.50 Å². The van der Waals surface area contributed by atoms with Crippen LogP contribution in [0.1, 0.15) is 10.5 Å². The number of hydrogen-bond donors (Lipinski definition) is 3. The molecule has 27 heavy (non-hydrogen) atoms. The molecule has 134 valence electrons. The summed E-state index contributed by atoms with van der Waals surface area (Å²) < 4.78 is 1.18. The van der Waals surface area contributed by atoms with Crippen molar-refractivity contribution < 1.29 is 19.8 Å². The summed E-state index contributed by atoms with van der Waals surface area (Å²) in [5.74, 6) is -2.40. The Labute approximate surface area is 151 Å². The molecular weight excluding hydrogens is 350 g/mol. The number of carboxylic acids is 1. The zero-order valence-corrected chi connectivity index (χ0v) is 13.8. The number of aromatic hydroxyl groups is 1. The first-order valence-corrected chi connectivity index (χ1v) is 7.96. The van der Waals surface area contributed by atoms with Crippen LogP contribution in [0.3, 0.4) is 0 Å². The van der Waals surface area contributed by atoms with Crippen molar-refractivity contribution in [3.05, 3.63) is 54.6 Å². The maximum atomic E-state index is 12.4. The van der Waals surface area contributed by atoms with Gasteiger partial charge in [0.25, 0.3) is 5.91 Å². The molecule has 0 aliphatic rings. The van der Waals surface area contributed by atoms with E-state index in [1.165, 1.54) is 17.0 Å². The van der Waals surface area contributed by atoms with Crippen LogP contribution in [0.4, 0.5) is 0 Å². The third kappa shape index (κ3) is 2.71. The van der Waals surface area contributed by atoms with Gasteiger partial charge < -0.3 is 15.5 Å². The number of aromatic nitrogens is 4. The van der Waals surface area contributed by atoms with Gasteiger partial charge in [0.2, 0.25) is 0 Å². The Kier molecular flexibility index (Phi) is 3.88. The third-order valence-electron chi connectivity index (χ3n) is 4.08. The summed E-state index contributed by atoms with van der Waals surface area (Å²) >= 11 is 0. The van der Waals surface area contributed by atoms with Crippen LogP contribution < -0.4 is 5.32 Å². The van der Waals surface area contributed by atoms with Crippen LogP contribution in [0.5, 0.6) is 5.75 Å². The van der Waals surface area contributed by atoms with E-state index < -0.39 is 24.2 Å². The molecule has 0 saturated carbocycles. The van der Waals surface area contributed by atoms with Gasteiger partial charge in [0.15, 0.2) is 17.1 Å². The van der Waals surface area contributed by atoms with Crippen LogP contribution in [0.25, 0.3) is 27.7 Å². The SMILES string of the molecule is O=C(O)CNC(=O)c1c(O)c2nccc(-c3ccccc3)c2c2ncnn12. The van der Waals surface area contributed by atoms with E-state index in [1.54, 1.807) is 6.07 Å². The fraction of sp³-hybridized carbons (Fsp3) is 0.0556. The van der Waals surface area contributed by atoms with Crippen molar-refractivity contribution in [2.45, 2.75) is 0 Å². The number of hydrogen-bond acceptors (Lipinski definition) is 6. The lowest BCUT2D eigenvalue weighted by Gasteiger charge is -2.12. The number of nitrogens with zero attached hydrogens (tertiary/aromatic N) is 4. The van der Waals surface area contributed by atoms with Gasteiger partial charge in [-0.05, 0) is 17.2 Å². The van der Waals surface area contributed by atoms with E-state index in [1.807, 2.05) is 30.3 Å². The van der Waals surface area contributed by atoms with Crippen molar-refractivity contribution in [2.24, 2.45) is 0 Å². The molecule has 0 aliphatic heterocycles. The molecule has 0 bridgehead atoms. The minimum Gasteiger partial charge on any atom is -0.504 e. The third-order valence-corrected chi connectivity index (χ3v) is 4.08. The summed E-state index contributed by atoms with van der Waals surface area (Å²) in [6.45, 7) is -0.593. The molecule has 0 fully saturated rings. The molecule has 4 aromatic rings. The molecule has 1 aromatic carbocycles. The Morgan fingerprint density at radius 1 is 1.11 bits per heavy atom. The average molecular weight is 363 g/mol. The predicted octanol–water partition coefficient (Wildman–Crippen LogP) is 1.46. The first kappa shape index (κ1) is 16.5. The predicted molar refractivity (Wildman–Crippen MR) is 95.4 cm³/mol. The quantitative estimate of drug-likeness (QED) is 0.500. The molecule has 0 spiro atoms. The van der Waals surface area contributed by atoms with E-state index in [9.17, 15) is 14.7 Å². The molecule has 3 heterocycles. The van der Waals surface area contributed by atoms with Crippen LogP contribution in [0.15, 0.2) is 48.9 Å². The number of benzene rings is 1. The molecule has 0 radical (unpaired) electrons. The lowest BCUT2D eigenvalue weighted by Crippen LogP contribution is -2.31. The van der Waals surface area contributed by atoms with Crippen molar-refractivity contribution in [3.8, 4) is 16.9 Å². The monoisotopic (exact) mass is 363 g/mol. The van der Waals surface area contributed by atoms with Gasteiger partial charge in [0.05, 0.1) is 5.39 Å². The molecule has 0 unspecified atom stereocenters. The largest absolute Gasteiger partial charge is 0.504 e. The number of carboxylic acid groups (broad SMARTS) is 1. The zero-order valence-electron chi connectivity index (χ0n) is 13.8. The normalized spacial score (nSPS) is 11.0. The van der Waals surface area contributed by atoms with E-state index in [0.29, 0.717) is 11.0 Å². The molecule has 9 heteroatoms. The summed E-state index contributed by atoms with van der Waals surface area (Å²) in [4.78, 5) is 31.6. The molecule has 4 rings (SSSR count). The minimum absolute atomic E-state index is 0.178. The molecule has 3 N–H and O–H groups in total. The Morgan fingerprint density at radius 3 is 2.63 bits per heavy atom. The number of carbonyl (C=O) groups excluding carboxylic acids is 1. The average Bonchev–Trinajstić information content (AvgIpc) is 3.16. The highest BCUT2D eigenvalue weighted by Gasteiger charge is 2.24. The fourth-order valence-electron chi connectivity index (χ4n) is 2.96. The number of nitrogens with one attached hydrogen (secondary N) is 1. The Hall–Kier alpha value is -4.01. The van der Waals surface area contributed by atoms with Gasteiger partial charge in [-0.15, -0.1) is 0 Å². The van der Waals surface area contributed by atoms with E-state index >= 15 is 0 Å². The Morgan fingerprint density at radius 2 is 1.89 bits per heavy atom. The first-order chi connectivity index (χ1) is 13.1. The minimum atomic E-state index is -1.21. The highest BCUT2D eigenvalue weighted by molar-refractivity contribution is 6.10. The van der Waals surface area contributed by atoms with Crippen LogP contribution in [-0.2, 0) is 4.79 Å². The summed E-state index contributed by atoms with van der Waals surface area (Å²) in [6.07, 6.45) is 2.78. The van der Waals surface area contributed by atoms with E-state index in [4.69, 9.17) is 5.11 Å². The Balaban J connectivity index is 2.01. The lowest BCUT2D eigenvalue weighted by atomic mass is 10.0. The number of rotatable bonds is 4. The van der Waals surface area contributed by atoms with Crippen LogP contribution in [0, 0.1) is 0 Å². The van der Waals surface area contributed by atoms with Gasteiger partial charge in [0.1, 0.15) is 18.4 Å². The van der Waals surface area contributed by atoms with Gasteiger partial charge in [-0.3, -0.25) is 14.6 Å². The second-order valence-electron chi connectivity index (χ2n) is 5.72. The number of amides is 1. The van der Waals surface area contributed by atoms with Crippen molar-refractivity contribution in [2.75, 3.05) is 6.54 Å². The molecule has 3 aromatic heterocycles. The smallest absolute Gasteiger partial charge is 0.322 e. The summed E-state index contributed by atoms with van der Waals surface area (Å²) in [6, 6.07) is 11.3. The van der Waals surface area contributed by atoms with Crippen molar-refractivity contribution >= 4 is 28.4 Å². The topological polar surface area (TPSA) is 130 Å². The van der Waals surface area contributed by atoms with E-state index in [-0.39, 0.29) is 11.2 Å². The molecule has 0 aliphatic carbocycles. The van der Waals surface area contributed by atoms with E-state index in [0.717, 1.165) is 11.1 Å². The number of aliphatic carboxylic acids is 1. The number of pyridine rings is 2. The Bertz CT molecular complexity index is 1190. The second-order valence-corrected chi connectivity index (χ2v) is 5.72. The number of fused-ring (bicyclic) bond motifs is 3. The van der Waals surface area contributed by atoms with Gasteiger partial charge in [-0.1, -0.05) is 30.3 Å². The second kappa shape index (κ2) is 6.37. The molecular formula is C18H13N5O4. The van der Waals surface area contributed by atoms with Crippen LogP contribution in [0.2, 0.25) is 0 Å². The first-order valence-electron chi connectivity index (χ1n) is 7.96. The maximum absolute atomic E-state index is 12.4. The van der Waals surface area contributed by atoms with Gasteiger partial charge in [0, 0.05) is 6.20 Å². The highest BCUT2D eigenvalue weighted by atomic mass is 16.4. The summed E-state index contributed by atoms with van der Waals surface area (Å²) in [5.41, 5.74) is 1.94. The van der Waals surface area contributed by atoms with Crippen molar-refractivity contribution in [1.82, 2.24) is 24.9 Å². The highest BCUT2D eigenvalue weighted by Crippen LogP contribution is 2.36. The summed E-state index contributed by atoms with van der Waals surface area (Å²) in [5, 5.41) is 26.3. The van der Waals surface area contributed by atoms with Gasteiger partial charge in [-0.2, -0.15) is 5.10 Å². The summed E-state index contributed by atoms with van der Waals surface area (Å²) in [7, 11) is 0. The fourth-order valence-corrected chi connectivity index (χ4v) is 2.96. The maximum Gasteiger partial charge on any atom is 0.322 e. The van der Waals surface area contributed by atoms with Crippen LogP contribution >= 0.6 is 0 Å². The van der Waals surface area contributed by atoms with E-state index in [2.05, 4.69) is 20.4 Å².